The number of hydrogen-bond donors (Lipinski definition) is 0. The Morgan fingerprint density at radius 3 is 2.30 bits per heavy atom. The molecular weight excluding hydrogens is 661 g/mol. The number of para-hydroxylation sites is 2. The fraction of sp³-hybridized carbons (Fsp3) is 0.0612. The lowest BCUT2D eigenvalue weighted by Gasteiger charge is -2.21. The third-order valence-electron chi connectivity index (χ3n) is 11.6. The molecule has 0 amide bonds. The van der Waals surface area contributed by atoms with Gasteiger partial charge in [-0.2, -0.15) is 0 Å². The summed E-state index contributed by atoms with van der Waals surface area (Å²) in [6, 6.07) is 52.0. The molecule has 0 saturated heterocycles. The van der Waals surface area contributed by atoms with Crippen LogP contribution < -0.4 is 4.74 Å². The molecule has 3 aromatic heterocycles. The van der Waals surface area contributed by atoms with E-state index in [1.165, 1.54) is 55.0 Å². The lowest BCUT2D eigenvalue weighted by atomic mass is 9.90. The molecule has 5 nitrogen and oxygen atoms in total. The van der Waals surface area contributed by atoms with Gasteiger partial charge in [0.25, 0.3) is 0 Å². The average molecular weight is 693 g/mol. The van der Waals surface area contributed by atoms with Crippen LogP contribution in [0.2, 0.25) is 0 Å². The topological polar surface area (TPSA) is 44.9 Å². The van der Waals surface area contributed by atoms with E-state index in [1.807, 2.05) is 30.3 Å². The van der Waals surface area contributed by atoms with Crippen molar-refractivity contribution in [1.82, 2.24) is 19.1 Å². The summed E-state index contributed by atoms with van der Waals surface area (Å²) in [6.45, 7) is 2.36. The van der Waals surface area contributed by atoms with Crippen molar-refractivity contribution in [3.63, 3.8) is 0 Å². The maximum Gasteiger partial charge on any atom is 0.235 e. The zero-order chi connectivity index (χ0) is 35.5. The Kier molecular flexibility index (Phi) is 6.03. The monoisotopic (exact) mass is 692 g/mol. The summed E-state index contributed by atoms with van der Waals surface area (Å²) in [4.78, 5) is 10.5. The van der Waals surface area contributed by atoms with Crippen LogP contribution in [0, 0.1) is 0 Å². The lowest BCUT2D eigenvalue weighted by molar-refractivity contribution is 0.486. The standard InChI is InChI=1S/C49H32N4O/c1-29-11-8-20-42-46(29)37-27-31(24-26-41(37)52(42)39-19-9-13-30-12-2-3-14-33(30)39)32-23-25-35-34-15-4-6-18-40(34)53(43(35)28-32)49-50-38-17-10-22-45-47(38)48(51-49)36-16-5-7-21-44(36)54-45/h2-10,12-29H,11H2,1H3. The average Bonchev–Trinajstić information content (AvgIpc) is 3.73. The second-order valence-electron chi connectivity index (χ2n) is 14.6. The molecule has 12 rings (SSSR count). The van der Waals surface area contributed by atoms with Crippen molar-refractivity contribution in [3.8, 4) is 45.5 Å². The highest BCUT2D eigenvalue weighted by Gasteiger charge is 2.26. The summed E-state index contributed by atoms with van der Waals surface area (Å²) in [7, 11) is 0. The third-order valence-corrected chi connectivity index (χ3v) is 11.6. The van der Waals surface area contributed by atoms with E-state index < -0.39 is 0 Å². The van der Waals surface area contributed by atoms with Gasteiger partial charge in [-0.25, -0.2) is 9.97 Å². The number of ether oxygens (including phenoxy) is 1. The molecule has 10 aromatic rings. The van der Waals surface area contributed by atoms with E-state index in [2.05, 4.69) is 143 Å². The van der Waals surface area contributed by atoms with Crippen molar-refractivity contribution in [3.05, 3.63) is 163 Å². The van der Waals surface area contributed by atoms with Gasteiger partial charge in [0, 0.05) is 27.1 Å². The molecule has 0 spiro atoms. The van der Waals surface area contributed by atoms with E-state index in [4.69, 9.17) is 14.7 Å². The number of nitrogens with zero attached hydrogens (tertiary/aromatic N) is 4. The quantitative estimate of drug-likeness (QED) is 0.185. The molecule has 7 aromatic carbocycles. The van der Waals surface area contributed by atoms with Gasteiger partial charge in [-0.05, 0) is 95.1 Å². The molecule has 0 saturated carbocycles. The first-order valence-electron chi connectivity index (χ1n) is 18.6. The van der Waals surface area contributed by atoms with E-state index in [0.717, 1.165) is 56.7 Å². The molecular formula is C49H32N4O. The Labute approximate surface area is 311 Å². The van der Waals surface area contributed by atoms with Crippen molar-refractivity contribution in [2.75, 3.05) is 0 Å². The molecule has 0 N–H and O–H groups in total. The molecule has 1 aliphatic carbocycles. The van der Waals surface area contributed by atoms with E-state index >= 15 is 0 Å². The highest BCUT2D eigenvalue weighted by Crippen LogP contribution is 2.46. The Morgan fingerprint density at radius 2 is 1.33 bits per heavy atom. The SMILES string of the molecule is CC1CC=Cc2c1c1cc(-c3ccc4c5ccccc5n(-c5nc6c7c(cccc7n5)Oc5ccccc5-6)c4c3)ccc1n2-c1cccc2ccccc12. The number of fused-ring (bicyclic) bond motifs is 9. The number of aromatic nitrogens is 4. The van der Waals surface area contributed by atoms with Crippen LogP contribution in [0.3, 0.4) is 0 Å². The number of benzene rings is 7. The molecule has 2 aliphatic rings. The summed E-state index contributed by atoms with van der Waals surface area (Å²) in [5.74, 6) is 2.65. The van der Waals surface area contributed by atoms with Crippen LogP contribution in [0.1, 0.15) is 30.5 Å². The molecule has 254 valence electrons. The Balaban J connectivity index is 1.09. The maximum absolute atomic E-state index is 6.31. The van der Waals surface area contributed by atoms with Gasteiger partial charge in [-0.1, -0.05) is 104 Å². The van der Waals surface area contributed by atoms with Gasteiger partial charge in [0.05, 0.1) is 44.5 Å². The van der Waals surface area contributed by atoms with Crippen molar-refractivity contribution < 1.29 is 4.74 Å². The summed E-state index contributed by atoms with van der Waals surface area (Å²) >= 11 is 0. The minimum absolute atomic E-state index is 0.408. The number of allylic oxidation sites excluding steroid dienone is 1. The molecule has 0 bridgehead atoms. The predicted octanol–water partition coefficient (Wildman–Crippen LogP) is 12.8. The summed E-state index contributed by atoms with van der Waals surface area (Å²) in [5.41, 5.74) is 12.4. The van der Waals surface area contributed by atoms with Crippen LogP contribution in [0.5, 0.6) is 11.5 Å². The predicted molar refractivity (Wildman–Crippen MR) is 221 cm³/mol. The summed E-state index contributed by atoms with van der Waals surface area (Å²) in [6.07, 6.45) is 5.69. The highest BCUT2D eigenvalue weighted by molar-refractivity contribution is 6.11. The first-order valence-corrected chi connectivity index (χ1v) is 18.6. The van der Waals surface area contributed by atoms with Crippen LogP contribution in [-0.4, -0.2) is 19.1 Å². The molecule has 0 fully saturated rings. The summed E-state index contributed by atoms with van der Waals surface area (Å²) in [5, 5.41) is 7.09. The van der Waals surface area contributed by atoms with Crippen LogP contribution in [0.25, 0.3) is 94.5 Å². The Bertz CT molecular complexity index is 3250. The minimum atomic E-state index is 0.408. The second kappa shape index (κ2) is 11.0. The van der Waals surface area contributed by atoms with Gasteiger partial charge in [0.1, 0.15) is 11.5 Å². The summed E-state index contributed by atoms with van der Waals surface area (Å²) < 4.78 is 11.0. The van der Waals surface area contributed by atoms with Gasteiger partial charge < -0.3 is 9.30 Å². The van der Waals surface area contributed by atoms with Crippen LogP contribution in [0.4, 0.5) is 0 Å². The molecule has 1 unspecified atom stereocenters. The smallest absolute Gasteiger partial charge is 0.235 e. The molecule has 0 radical (unpaired) electrons. The molecule has 4 heterocycles. The van der Waals surface area contributed by atoms with Gasteiger partial charge in [-0.15, -0.1) is 0 Å². The zero-order valence-corrected chi connectivity index (χ0v) is 29.5. The minimum Gasteiger partial charge on any atom is -0.456 e. The van der Waals surface area contributed by atoms with Crippen molar-refractivity contribution in [1.29, 1.82) is 0 Å². The maximum atomic E-state index is 6.31. The van der Waals surface area contributed by atoms with E-state index in [-0.39, 0.29) is 0 Å². The second-order valence-corrected chi connectivity index (χ2v) is 14.6. The molecule has 1 aliphatic heterocycles. The lowest BCUT2D eigenvalue weighted by Crippen LogP contribution is -2.06. The van der Waals surface area contributed by atoms with E-state index in [0.29, 0.717) is 11.9 Å². The van der Waals surface area contributed by atoms with E-state index in [1.54, 1.807) is 0 Å². The number of hydrogen-bond acceptors (Lipinski definition) is 3. The largest absolute Gasteiger partial charge is 0.456 e. The fourth-order valence-electron chi connectivity index (χ4n) is 9.12. The van der Waals surface area contributed by atoms with Crippen molar-refractivity contribution in [2.24, 2.45) is 0 Å². The molecule has 54 heavy (non-hydrogen) atoms. The molecule has 5 heteroatoms. The van der Waals surface area contributed by atoms with Gasteiger partial charge in [-0.3, -0.25) is 4.57 Å². The fourth-order valence-corrected chi connectivity index (χ4v) is 9.12. The Hall–Kier alpha value is -6.98. The Morgan fingerprint density at radius 1 is 0.593 bits per heavy atom. The third kappa shape index (κ3) is 4.09. The van der Waals surface area contributed by atoms with Crippen molar-refractivity contribution in [2.45, 2.75) is 19.3 Å². The van der Waals surface area contributed by atoms with Gasteiger partial charge >= 0.3 is 0 Å². The number of rotatable bonds is 3. The van der Waals surface area contributed by atoms with Gasteiger partial charge in [0.15, 0.2) is 0 Å². The van der Waals surface area contributed by atoms with Crippen LogP contribution >= 0.6 is 0 Å². The zero-order valence-electron chi connectivity index (χ0n) is 29.5. The van der Waals surface area contributed by atoms with Crippen LogP contribution in [0.15, 0.2) is 152 Å². The highest BCUT2D eigenvalue weighted by atomic mass is 16.5. The van der Waals surface area contributed by atoms with E-state index in [9.17, 15) is 0 Å². The first-order chi connectivity index (χ1) is 26.7. The van der Waals surface area contributed by atoms with Crippen molar-refractivity contribution >= 4 is 60.5 Å². The molecule has 1 atom stereocenters. The van der Waals surface area contributed by atoms with Crippen LogP contribution in [-0.2, 0) is 0 Å². The normalized spacial score (nSPS) is 14.6. The first kappa shape index (κ1) is 29.6. The van der Waals surface area contributed by atoms with Gasteiger partial charge in [0.2, 0.25) is 5.95 Å².